The van der Waals surface area contributed by atoms with Crippen LogP contribution in [-0.4, -0.2) is 14.3 Å². The Morgan fingerprint density at radius 3 is 2.53 bits per heavy atom. The van der Waals surface area contributed by atoms with Gasteiger partial charge in [-0.05, 0) is 11.6 Å². The summed E-state index contributed by atoms with van der Waals surface area (Å²) in [6.45, 7) is 1.35. The molecule has 0 aliphatic heterocycles. The molecule has 0 heterocycles. The van der Waals surface area contributed by atoms with Gasteiger partial charge in [0.05, 0.1) is 5.75 Å². The molecule has 3 N–H and O–H groups in total. The van der Waals surface area contributed by atoms with E-state index in [-0.39, 0.29) is 11.7 Å². The van der Waals surface area contributed by atoms with Crippen molar-refractivity contribution in [3.8, 4) is 0 Å². The van der Waals surface area contributed by atoms with Gasteiger partial charge in [0, 0.05) is 12.6 Å². The number of anilines is 1. The predicted molar refractivity (Wildman–Crippen MR) is 57.6 cm³/mol. The smallest absolute Gasteiger partial charge is 0.221 e. The largest absolute Gasteiger partial charge is 0.326 e. The molecule has 0 bridgehead atoms. The fraction of sp³-hybridized carbons (Fsp3) is 0.222. The third kappa shape index (κ3) is 4.09. The van der Waals surface area contributed by atoms with Crippen molar-refractivity contribution < 1.29 is 13.2 Å². The highest BCUT2D eigenvalue weighted by atomic mass is 32.2. The van der Waals surface area contributed by atoms with Crippen molar-refractivity contribution in [1.29, 1.82) is 0 Å². The normalized spacial score (nSPS) is 11.1. The van der Waals surface area contributed by atoms with Crippen LogP contribution in [0.1, 0.15) is 12.5 Å². The lowest BCUT2D eigenvalue weighted by molar-refractivity contribution is -0.114. The molecule has 0 aliphatic rings. The SMILES string of the molecule is CC(=O)Nc1ccccc1CS(N)(=O)=O. The number of primary sulfonamides is 1. The van der Waals surface area contributed by atoms with Gasteiger partial charge in [0.15, 0.2) is 0 Å². The minimum Gasteiger partial charge on any atom is -0.326 e. The van der Waals surface area contributed by atoms with E-state index in [1.807, 2.05) is 0 Å². The molecule has 0 fully saturated rings. The van der Waals surface area contributed by atoms with Crippen LogP contribution in [0.2, 0.25) is 0 Å². The zero-order valence-electron chi connectivity index (χ0n) is 8.23. The molecule has 1 rings (SSSR count). The number of benzene rings is 1. The van der Waals surface area contributed by atoms with E-state index in [0.29, 0.717) is 11.3 Å². The number of amides is 1. The lowest BCUT2D eigenvalue weighted by Gasteiger charge is -2.08. The van der Waals surface area contributed by atoms with Gasteiger partial charge < -0.3 is 5.32 Å². The Bertz CT molecular complexity index is 468. The highest BCUT2D eigenvalue weighted by Crippen LogP contribution is 2.16. The summed E-state index contributed by atoms with van der Waals surface area (Å²) in [6.07, 6.45) is 0. The van der Waals surface area contributed by atoms with Crippen molar-refractivity contribution in [2.45, 2.75) is 12.7 Å². The van der Waals surface area contributed by atoms with E-state index in [4.69, 9.17) is 5.14 Å². The fourth-order valence-electron chi connectivity index (χ4n) is 1.17. The second kappa shape index (κ2) is 4.41. The molecule has 0 unspecified atom stereocenters. The standard InChI is InChI=1S/C9H12N2O3S/c1-7(12)11-9-5-3-2-4-8(9)6-15(10,13)14/h2-5H,6H2,1H3,(H,11,12)(H2,10,13,14). The van der Waals surface area contributed by atoms with Crippen LogP contribution in [0.5, 0.6) is 0 Å². The number of hydrogen-bond acceptors (Lipinski definition) is 3. The zero-order valence-corrected chi connectivity index (χ0v) is 9.04. The summed E-state index contributed by atoms with van der Waals surface area (Å²) in [7, 11) is -3.59. The molecule has 0 saturated carbocycles. The van der Waals surface area contributed by atoms with Crippen LogP contribution < -0.4 is 10.5 Å². The molecule has 0 atom stereocenters. The van der Waals surface area contributed by atoms with E-state index in [2.05, 4.69) is 5.32 Å². The predicted octanol–water partition coefficient (Wildman–Crippen LogP) is 0.433. The first-order valence-electron chi connectivity index (χ1n) is 4.24. The number of nitrogens with two attached hydrogens (primary N) is 1. The van der Waals surface area contributed by atoms with E-state index >= 15 is 0 Å². The van der Waals surface area contributed by atoms with Crippen LogP contribution in [0.3, 0.4) is 0 Å². The van der Waals surface area contributed by atoms with Gasteiger partial charge in [0.1, 0.15) is 0 Å². The quantitative estimate of drug-likeness (QED) is 0.786. The van der Waals surface area contributed by atoms with E-state index in [1.54, 1.807) is 24.3 Å². The Hall–Kier alpha value is -1.40. The summed E-state index contributed by atoms with van der Waals surface area (Å²) in [4.78, 5) is 10.8. The summed E-state index contributed by atoms with van der Waals surface area (Å²) in [5, 5.41) is 7.46. The molecule has 0 aliphatic carbocycles. The average Bonchev–Trinajstić information content (AvgIpc) is 2.05. The second-order valence-electron chi connectivity index (χ2n) is 3.15. The van der Waals surface area contributed by atoms with Crippen LogP contribution in [0.15, 0.2) is 24.3 Å². The first-order valence-corrected chi connectivity index (χ1v) is 5.96. The molecule has 1 aromatic carbocycles. The van der Waals surface area contributed by atoms with Gasteiger partial charge in [-0.15, -0.1) is 0 Å². The van der Waals surface area contributed by atoms with Crippen molar-refractivity contribution in [2.24, 2.45) is 5.14 Å². The Morgan fingerprint density at radius 1 is 1.40 bits per heavy atom. The van der Waals surface area contributed by atoms with Gasteiger partial charge in [0.25, 0.3) is 0 Å². The van der Waals surface area contributed by atoms with Crippen LogP contribution in [-0.2, 0) is 20.6 Å². The van der Waals surface area contributed by atoms with E-state index < -0.39 is 10.0 Å². The molecule has 15 heavy (non-hydrogen) atoms. The molecule has 0 spiro atoms. The van der Waals surface area contributed by atoms with Gasteiger partial charge in [-0.25, -0.2) is 13.6 Å². The molecule has 0 saturated heterocycles. The molecular weight excluding hydrogens is 216 g/mol. The van der Waals surface area contributed by atoms with Gasteiger partial charge in [-0.3, -0.25) is 4.79 Å². The molecule has 82 valence electrons. The van der Waals surface area contributed by atoms with Crippen molar-refractivity contribution in [2.75, 3.05) is 5.32 Å². The van der Waals surface area contributed by atoms with Crippen molar-refractivity contribution in [1.82, 2.24) is 0 Å². The molecular formula is C9H12N2O3S. The van der Waals surface area contributed by atoms with E-state index in [9.17, 15) is 13.2 Å². The maximum Gasteiger partial charge on any atom is 0.221 e. The van der Waals surface area contributed by atoms with Crippen molar-refractivity contribution >= 4 is 21.6 Å². The Morgan fingerprint density at radius 2 is 2.00 bits per heavy atom. The van der Waals surface area contributed by atoms with Crippen LogP contribution in [0.4, 0.5) is 5.69 Å². The Balaban J connectivity index is 3.01. The minimum atomic E-state index is -3.59. The zero-order chi connectivity index (χ0) is 11.5. The molecule has 6 heteroatoms. The lowest BCUT2D eigenvalue weighted by Crippen LogP contribution is -2.16. The average molecular weight is 228 g/mol. The summed E-state index contributed by atoms with van der Waals surface area (Å²) < 4.78 is 21.8. The number of carbonyl (C=O) groups is 1. The van der Waals surface area contributed by atoms with Crippen molar-refractivity contribution in [3.05, 3.63) is 29.8 Å². The van der Waals surface area contributed by atoms with Crippen LogP contribution >= 0.6 is 0 Å². The third-order valence-corrected chi connectivity index (χ3v) is 2.40. The Kier molecular flexibility index (Phi) is 3.43. The maximum absolute atomic E-state index is 10.9. The number of carbonyl (C=O) groups excluding carboxylic acids is 1. The van der Waals surface area contributed by atoms with Gasteiger partial charge in [0.2, 0.25) is 15.9 Å². The molecule has 1 aromatic rings. The van der Waals surface area contributed by atoms with Gasteiger partial charge in [-0.2, -0.15) is 0 Å². The number of para-hydroxylation sites is 1. The van der Waals surface area contributed by atoms with Crippen LogP contribution in [0.25, 0.3) is 0 Å². The lowest BCUT2D eigenvalue weighted by atomic mass is 10.2. The first-order chi connectivity index (χ1) is 6.88. The number of nitrogens with one attached hydrogen (secondary N) is 1. The maximum atomic E-state index is 10.9. The van der Waals surface area contributed by atoms with Gasteiger partial charge >= 0.3 is 0 Å². The number of sulfonamides is 1. The Labute approximate surface area is 88.3 Å². The fourth-order valence-corrected chi connectivity index (χ4v) is 1.86. The first kappa shape index (κ1) is 11.7. The third-order valence-electron chi connectivity index (χ3n) is 1.68. The number of hydrogen-bond donors (Lipinski definition) is 2. The van der Waals surface area contributed by atoms with Crippen LogP contribution in [0, 0.1) is 0 Å². The van der Waals surface area contributed by atoms with E-state index in [0.717, 1.165) is 0 Å². The highest BCUT2D eigenvalue weighted by Gasteiger charge is 2.09. The van der Waals surface area contributed by atoms with Gasteiger partial charge in [-0.1, -0.05) is 18.2 Å². The molecule has 0 radical (unpaired) electrons. The molecule has 0 aromatic heterocycles. The summed E-state index contributed by atoms with van der Waals surface area (Å²) in [6, 6.07) is 6.63. The summed E-state index contributed by atoms with van der Waals surface area (Å²) >= 11 is 0. The molecule has 5 nitrogen and oxygen atoms in total. The monoisotopic (exact) mass is 228 g/mol. The highest BCUT2D eigenvalue weighted by molar-refractivity contribution is 7.88. The van der Waals surface area contributed by atoms with E-state index in [1.165, 1.54) is 6.92 Å². The summed E-state index contributed by atoms with van der Waals surface area (Å²) in [5.41, 5.74) is 0.953. The second-order valence-corrected chi connectivity index (χ2v) is 4.76. The topological polar surface area (TPSA) is 89.3 Å². The molecule has 1 amide bonds. The minimum absolute atomic E-state index is 0.253. The summed E-state index contributed by atoms with van der Waals surface area (Å²) in [5.74, 6) is -0.541. The van der Waals surface area contributed by atoms with Crippen molar-refractivity contribution in [3.63, 3.8) is 0 Å². The number of rotatable bonds is 3.